The van der Waals surface area contributed by atoms with Crippen molar-refractivity contribution in [2.24, 2.45) is 5.92 Å². The normalized spacial score (nSPS) is 19.1. The number of nitrogens with zero attached hydrogens (tertiary/aromatic N) is 4. The van der Waals surface area contributed by atoms with E-state index in [4.69, 9.17) is 4.52 Å². The number of hydrogen-bond donors (Lipinski definition) is 0. The Morgan fingerprint density at radius 1 is 1.40 bits per heavy atom. The maximum absolute atomic E-state index is 12.8. The van der Waals surface area contributed by atoms with Gasteiger partial charge in [-0.2, -0.15) is 18.2 Å². The monoisotopic (exact) mass is 356 g/mol. The summed E-state index contributed by atoms with van der Waals surface area (Å²) in [5.41, 5.74) is 0.309. The molecular weight excluding hydrogens is 341 g/mol. The quantitative estimate of drug-likeness (QED) is 0.616. The molecule has 1 saturated heterocycles. The molecule has 25 heavy (non-hydrogen) atoms. The molecule has 2 heterocycles. The van der Waals surface area contributed by atoms with Gasteiger partial charge in [0.05, 0.1) is 17.4 Å². The first-order valence-corrected chi connectivity index (χ1v) is 7.69. The summed E-state index contributed by atoms with van der Waals surface area (Å²) in [4.78, 5) is 16.0. The minimum Gasteiger partial charge on any atom is -0.338 e. The highest BCUT2D eigenvalue weighted by Gasteiger charge is 2.41. The van der Waals surface area contributed by atoms with Gasteiger partial charge in [-0.15, -0.1) is 0 Å². The van der Waals surface area contributed by atoms with E-state index >= 15 is 0 Å². The maximum Gasteiger partial charge on any atom is 0.393 e. The van der Waals surface area contributed by atoms with Crippen LogP contribution in [0.4, 0.5) is 18.9 Å². The van der Waals surface area contributed by atoms with Gasteiger partial charge in [0.25, 0.3) is 5.69 Å². The molecule has 1 atom stereocenters. The van der Waals surface area contributed by atoms with Crippen molar-refractivity contribution in [2.75, 3.05) is 13.1 Å². The first-order chi connectivity index (χ1) is 11.8. The summed E-state index contributed by atoms with van der Waals surface area (Å²) in [7, 11) is 0. The molecule has 0 N–H and O–H groups in total. The van der Waals surface area contributed by atoms with Crippen LogP contribution >= 0.6 is 0 Å². The first kappa shape index (κ1) is 17.3. The summed E-state index contributed by atoms with van der Waals surface area (Å²) in [5.74, 6) is -0.993. The number of nitro groups is 1. The van der Waals surface area contributed by atoms with Crippen LogP contribution in [0.25, 0.3) is 11.4 Å². The SMILES string of the molecule is O=[N+]([O-])c1cccc(-c2noc(CN3CCC[C@@H](C(F)(F)F)C3)n2)c1. The summed E-state index contributed by atoms with van der Waals surface area (Å²) in [6.07, 6.45) is -3.62. The molecule has 0 spiro atoms. The second kappa shape index (κ2) is 6.79. The van der Waals surface area contributed by atoms with E-state index in [0.717, 1.165) is 0 Å². The van der Waals surface area contributed by atoms with E-state index in [-0.39, 0.29) is 36.9 Å². The Labute approximate surface area is 140 Å². The van der Waals surface area contributed by atoms with Crippen molar-refractivity contribution in [3.8, 4) is 11.4 Å². The molecule has 0 aliphatic carbocycles. The molecule has 1 aliphatic heterocycles. The van der Waals surface area contributed by atoms with Crippen LogP contribution in [-0.2, 0) is 6.54 Å². The Hall–Kier alpha value is -2.49. The fourth-order valence-electron chi connectivity index (χ4n) is 2.85. The van der Waals surface area contributed by atoms with Crippen molar-refractivity contribution in [1.82, 2.24) is 15.0 Å². The summed E-state index contributed by atoms with van der Waals surface area (Å²) in [5, 5.41) is 14.6. The molecule has 1 aliphatic rings. The predicted molar refractivity (Wildman–Crippen MR) is 80.4 cm³/mol. The van der Waals surface area contributed by atoms with Gasteiger partial charge >= 0.3 is 6.18 Å². The molecule has 7 nitrogen and oxygen atoms in total. The molecule has 2 aromatic rings. The summed E-state index contributed by atoms with van der Waals surface area (Å²) < 4.78 is 43.6. The molecule has 0 saturated carbocycles. The Kier molecular flexibility index (Phi) is 4.71. The highest BCUT2D eigenvalue weighted by Crippen LogP contribution is 2.33. The molecule has 1 aromatic carbocycles. The number of benzene rings is 1. The van der Waals surface area contributed by atoms with Crippen molar-refractivity contribution < 1.29 is 22.6 Å². The van der Waals surface area contributed by atoms with Gasteiger partial charge in [-0.1, -0.05) is 17.3 Å². The minimum atomic E-state index is -4.21. The molecule has 0 bridgehead atoms. The van der Waals surface area contributed by atoms with Gasteiger partial charge in [0, 0.05) is 24.2 Å². The molecular formula is C15H15F3N4O3. The largest absolute Gasteiger partial charge is 0.393 e. The molecule has 0 unspecified atom stereocenters. The second-order valence-electron chi connectivity index (χ2n) is 5.94. The third kappa shape index (κ3) is 4.13. The average molecular weight is 356 g/mol. The summed E-state index contributed by atoms with van der Waals surface area (Å²) in [6.45, 7) is 0.549. The van der Waals surface area contributed by atoms with Crippen LogP contribution in [0.2, 0.25) is 0 Å². The Morgan fingerprint density at radius 2 is 2.20 bits per heavy atom. The number of non-ortho nitro benzene ring substituents is 1. The smallest absolute Gasteiger partial charge is 0.338 e. The van der Waals surface area contributed by atoms with Gasteiger partial charge in [0.15, 0.2) is 0 Å². The van der Waals surface area contributed by atoms with Gasteiger partial charge in [-0.05, 0) is 19.4 Å². The Morgan fingerprint density at radius 3 is 2.92 bits per heavy atom. The molecule has 0 radical (unpaired) electrons. The lowest BCUT2D eigenvalue weighted by molar-refractivity contribution is -0.384. The van der Waals surface area contributed by atoms with Crippen molar-refractivity contribution in [3.63, 3.8) is 0 Å². The highest BCUT2D eigenvalue weighted by atomic mass is 19.4. The number of halogens is 3. The highest BCUT2D eigenvalue weighted by molar-refractivity contribution is 5.58. The first-order valence-electron chi connectivity index (χ1n) is 7.69. The third-order valence-electron chi connectivity index (χ3n) is 4.11. The van der Waals surface area contributed by atoms with Crippen LogP contribution in [0.5, 0.6) is 0 Å². The lowest BCUT2D eigenvalue weighted by Crippen LogP contribution is -2.41. The number of alkyl halides is 3. The topological polar surface area (TPSA) is 85.3 Å². The number of nitro benzene ring substituents is 1. The van der Waals surface area contributed by atoms with Crippen LogP contribution in [0.1, 0.15) is 18.7 Å². The van der Waals surface area contributed by atoms with E-state index in [1.54, 1.807) is 11.0 Å². The van der Waals surface area contributed by atoms with Crippen molar-refractivity contribution in [3.05, 3.63) is 40.3 Å². The minimum absolute atomic E-state index is 0.0992. The second-order valence-corrected chi connectivity index (χ2v) is 5.94. The lowest BCUT2D eigenvalue weighted by atomic mass is 9.97. The van der Waals surface area contributed by atoms with Crippen molar-refractivity contribution in [1.29, 1.82) is 0 Å². The molecule has 1 aromatic heterocycles. The van der Waals surface area contributed by atoms with Crippen LogP contribution < -0.4 is 0 Å². The maximum atomic E-state index is 12.8. The van der Waals surface area contributed by atoms with Crippen LogP contribution in [0.15, 0.2) is 28.8 Å². The fraction of sp³-hybridized carbons (Fsp3) is 0.467. The summed E-state index contributed by atoms with van der Waals surface area (Å²) >= 11 is 0. The van der Waals surface area contributed by atoms with E-state index in [0.29, 0.717) is 18.5 Å². The van der Waals surface area contributed by atoms with Gasteiger partial charge in [0.2, 0.25) is 11.7 Å². The number of likely N-dealkylation sites (tertiary alicyclic amines) is 1. The molecule has 134 valence electrons. The fourth-order valence-corrected chi connectivity index (χ4v) is 2.85. The Balaban J connectivity index is 1.70. The molecule has 3 rings (SSSR count). The number of rotatable bonds is 4. The van der Waals surface area contributed by atoms with Gasteiger partial charge < -0.3 is 4.52 Å². The molecule has 0 amide bonds. The number of piperidine rings is 1. The summed E-state index contributed by atoms with van der Waals surface area (Å²) in [6, 6.07) is 5.76. The van der Waals surface area contributed by atoms with E-state index in [1.807, 2.05) is 0 Å². The lowest BCUT2D eigenvalue weighted by Gasteiger charge is -2.32. The van der Waals surface area contributed by atoms with Crippen LogP contribution in [-0.4, -0.2) is 39.2 Å². The van der Waals surface area contributed by atoms with Gasteiger partial charge in [0.1, 0.15) is 0 Å². The van der Waals surface area contributed by atoms with Crippen molar-refractivity contribution in [2.45, 2.75) is 25.6 Å². The van der Waals surface area contributed by atoms with E-state index < -0.39 is 17.0 Å². The number of aromatic nitrogens is 2. The zero-order chi connectivity index (χ0) is 18.0. The van der Waals surface area contributed by atoms with E-state index in [1.165, 1.54) is 18.2 Å². The van der Waals surface area contributed by atoms with E-state index in [2.05, 4.69) is 10.1 Å². The number of hydrogen-bond acceptors (Lipinski definition) is 6. The third-order valence-corrected chi connectivity index (χ3v) is 4.11. The van der Waals surface area contributed by atoms with Gasteiger partial charge in [-0.3, -0.25) is 15.0 Å². The average Bonchev–Trinajstić information content (AvgIpc) is 3.03. The van der Waals surface area contributed by atoms with Crippen LogP contribution in [0, 0.1) is 16.0 Å². The van der Waals surface area contributed by atoms with Crippen molar-refractivity contribution >= 4 is 5.69 Å². The van der Waals surface area contributed by atoms with E-state index in [9.17, 15) is 23.3 Å². The zero-order valence-electron chi connectivity index (χ0n) is 13.1. The van der Waals surface area contributed by atoms with Gasteiger partial charge in [-0.25, -0.2) is 0 Å². The Bertz CT molecular complexity index is 762. The molecule has 1 fully saturated rings. The standard InChI is InChI=1S/C15H15F3N4O3/c16-15(17,18)11-4-2-6-21(8-11)9-13-19-14(20-25-13)10-3-1-5-12(7-10)22(23)24/h1,3,5,7,11H,2,4,6,8-9H2/t11-/m1/s1. The molecule has 10 heteroatoms. The zero-order valence-corrected chi connectivity index (χ0v) is 13.1. The predicted octanol–water partition coefficient (Wildman–Crippen LogP) is 3.42. The van der Waals surface area contributed by atoms with Crippen LogP contribution in [0.3, 0.4) is 0 Å².